The summed E-state index contributed by atoms with van der Waals surface area (Å²) in [5.74, 6) is -0.444. The van der Waals surface area contributed by atoms with Gasteiger partial charge in [-0.15, -0.1) is 11.3 Å². The Morgan fingerprint density at radius 2 is 2.00 bits per heavy atom. The molecule has 3 rings (SSSR count). The molecule has 0 radical (unpaired) electrons. The van der Waals surface area contributed by atoms with Crippen LogP contribution in [0.3, 0.4) is 0 Å². The van der Waals surface area contributed by atoms with E-state index in [1.807, 2.05) is 17.5 Å². The number of ether oxygens (including phenoxy) is 1. The van der Waals surface area contributed by atoms with E-state index in [0.29, 0.717) is 31.6 Å². The average molecular weight is 355 g/mol. The largest absolute Gasteiger partial charge is 0.381 e. The molecule has 4 nitrogen and oxygen atoms in total. The van der Waals surface area contributed by atoms with Gasteiger partial charge in [0.1, 0.15) is 5.82 Å². The molecule has 2 aromatic rings. The molecule has 0 saturated carbocycles. The Balaban J connectivity index is 1.99. The van der Waals surface area contributed by atoms with Gasteiger partial charge in [-0.1, -0.05) is 6.07 Å². The van der Waals surface area contributed by atoms with Crippen LogP contribution in [0.5, 0.6) is 0 Å². The zero-order valence-corrected chi connectivity index (χ0v) is 14.3. The lowest BCUT2D eigenvalue weighted by molar-refractivity contribution is 0.0472. The van der Waals surface area contributed by atoms with Crippen molar-refractivity contribution in [1.29, 1.82) is 0 Å². The minimum Gasteiger partial charge on any atom is -0.381 e. The Morgan fingerprint density at radius 1 is 1.26 bits per heavy atom. The van der Waals surface area contributed by atoms with E-state index in [4.69, 9.17) is 4.74 Å². The number of sulfonamides is 1. The minimum atomic E-state index is -3.76. The fourth-order valence-corrected chi connectivity index (χ4v) is 5.57. The van der Waals surface area contributed by atoms with Gasteiger partial charge in [0.15, 0.2) is 0 Å². The lowest BCUT2D eigenvalue weighted by Crippen LogP contribution is -2.49. The average Bonchev–Trinajstić information content (AvgIpc) is 3.02. The van der Waals surface area contributed by atoms with Gasteiger partial charge in [-0.05, 0) is 55.0 Å². The second kappa shape index (κ2) is 6.32. The van der Waals surface area contributed by atoms with Crippen molar-refractivity contribution in [3.8, 4) is 0 Å². The molecule has 1 aromatic heterocycles. The van der Waals surface area contributed by atoms with Gasteiger partial charge < -0.3 is 4.74 Å². The van der Waals surface area contributed by atoms with E-state index in [1.165, 1.54) is 29.5 Å². The second-order valence-corrected chi connectivity index (χ2v) is 8.29. The van der Waals surface area contributed by atoms with Crippen LogP contribution in [0, 0.1) is 12.7 Å². The van der Waals surface area contributed by atoms with Gasteiger partial charge >= 0.3 is 0 Å². The van der Waals surface area contributed by atoms with Gasteiger partial charge in [0.2, 0.25) is 10.0 Å². The molecular weight excluding hydrogens is 337 g/mol. The van der Waals surface area contributed by atoms with E-state index in [9.17, 15) is 12.8 Å². The molecule has 0 bridgehead atoms. The van der Waals surface area contributed by atoms with Crippen molar-refractivity contribution in [2.75, 3.05) is 13.2 Å². The minimum absolute atomic E-state index is 0.112. The molecule has 124 valence electrons. The van der Waals surface area contributed by atoms with Crippen LogP contribution < -0.4 is 4.72 Å². The fraction of sp³-hybridized carbons (Fsp3) is 0.375. The SMILES string of the molecule is Cc1cc(F)ccc1S(=O)(=O)NC1(c2cccs2)CCOCC1. The molecular formula is C16H18FNO3S2. The molecule has 0 spiro atoms. The standard InChI is InChI=1S/C16H18FNO3S2/c1-12-11-13(17)4-5-14(12)23(19,20)18-16(6-8-21-9-7-16)15-3-2-10-22-15/h2-5,10-11,18H,6-9H2,1H3. The number of nitrogens with one attached hydrogen (secondary N) is 1. The van der Waals surface area contributed by atoms with Crippen molar-refractivity contribution >= 4 is 21.4 Å². The van der Waals surface area contributed by atoms with Crippen LogP contribution in [-0.2, 0) is 20.3 Å². The molecule has 1 aromatic carbocycles. The normalized spacial score (nSPS) is 18.0. The van der Waals surface area contributed by atoms with Gasteiger partial charge in [0.25, 0.3) is 0 Å². The molecule has 23 heavy (non-hydrogen) atoms. The van der Waals surface area contributed by atoms with Gasteiger partial charge in [0.05, 0.1) is 10.4 Å². The molecule has 1 fully saturated rings. The molecule has 1 N–H and O–H groups in total. The summed E-state index contributed by atoms with van der Waals surface area (Å²) in [6.45, 7) is 2.60. The van der Waals surface area contributed by atoms with E-state index in [0.717, 1.165) is 4.88 Å². The predicted molar refractivity (Wildman–Crippen MR) is 87.5 cm³/mol. The summed E-state index contributed by atoms with van der Waals surface area (Å²) in [5, 5.41) is 1.93. The number of rotatable bonds is 4. The second-order valence-electron chi connectivity index (χ2n) is 5.69. The van der Waals surface area contributed by atoms with Crippen molar-refractivity contribution in [2.24, 2.45) is 0 Å². The molecule has 7 heteroatoms. The lowest BCUT2D eigenvalue weighted by atomic mass is 9.90. The Bertz CT molecular complexity index is 782. The van der Waals surface area contributed by atoms with E-state index in [2.05, 4.69) is 4.72 Å². The zero-order valence-electron chi connectivity index (χ0n) is 12.7. The highest BCUT2D eigenvalue weighted by molar-refractivity contribution is 7.89. The third-order valence-electron chi connectivity index (χ3n) is 4.10. The Kier molecular flexibility index (Phi) is 4.55. The monoisotopic (exact) mass is 355 g/mol. The summed E-state index contributed by atoms with van der Waals surface area (Å²) in [5.41, 5.74) is -0.266. The van der Waals surface area contributed by atoms with E-state index in [-0.39, 0.29) is 4.90 Å². The molecule has 1 aliphatic heterocycles. The van der Waals surface area contributed by atoms with Crippen LogP contribution in [0.1, 0.15) is 23.3 Å². The van der Waals surface area contributed by atoms with E-state index in [1.54, 1.807) is 6.92 Å². The molecule has 0 aliphatic carbocycles. The van der Waals surface area contributed by atoms with Crippen molar-refractivity contribution in [3.63, 3.8) is 0 Å². The number of aryl methyl sites for hydroxylation is 1. The number of hydrogen-bond donors (Lipinski definition) is 1. The first-order valence-corrected chi connectivity index (χ1v) is 9.71. The summed E-state index contributed by atoms with van der Waals surface area (Å²) in [4.78, 5) is 1.09. The molecule has 2 heterocycles. The highest BCUT2D eigenvalue weighted by Crippen LogP contribution is 2.36. The molecule has 1 aliphatic rings. The lowest BCUT2D eigenvalue weighted by Gasteiger charge is -2.37. The van der Waals surface area contributed by atoms with E-state index >= 15 is 0 Å². The van der Waals surface area contributed by atoms with Gasteiger partial charge in [-0.3, -0.25) is 0 Å². The predicted octanol–water partition coefficient (Wildman–Crippen LogP) is 3.18. The van der Waals surface area contributed by atoms with Crippen LogP contribution >= 0.6 is 11.3 Å². The van der Waals surface area contributed by atoms with Crippen LogP contribution in [0.15, 0.2) is 40.6 Å². The topological polar surface area (TPSA) is 55.4 Å². The Hall–Kier alpha value is -1.28. The quantitative estimate of drug-likeness (QED) is 0.916. The van der Waals surface area contributed by atoms with Crippen LogP contribution in [-0.4, -0.2) is 21.6 Å². The third-order valence-corrected chi connectivity index (χ3v) is 6.87. The number of benzene rings is 1. The highest BCUT2D eigenvalue weighted by atomic mass is 32.2. The fourth-order valence-electron chi connectivity index (χ4n) is 2.90. The maximum atomic E-state index is 13.3. The molecule has 0 amide bonds. The maximum Gasteiger partial charge on any atom is 0.241 e. The smallest absolute Gasteiger partial charge is 0.241 e. The van der Waals surface area contributed by atoms with Crippen molar-refractivity contribution < 1.29 is 17.5 Å². The number of hydrogen-bond acceptors (Lipinski definition) is 4. The number of halogens is 1. The van der Waals surface area contributed by atoms with Gasteiger partial charge in [-0.25, -0.2) is 12.8 Å². The van der Waals surface area contributed by atoms with Crippen molar-refractivity contribution in [2.45, 2.75) is 30.2 Å². The summed E-state index contributed by atoms with van der Waals surface area (Å²) in [6, 6.07) is 7.57. The third kappa shape index (κ3) is 3.33. The Morgan fingerprint density at radius 3 is 2.61 bits per heavy atom. The first kappa shape index (κ1) is 16.6. The van der Waals surface area contributed by atoms with Crippen LogP contribution in [0.25, 0.3) is 0 Å². The summed E-state index contributed by atoms with van der Waals surface area (Å²) < 4.78 is 47.3. The number of thiophene rings is 1. The first-order valence-electron chi connectivity index (χ1n) is 7.35. The molecule has 0 atom stereocenters. The molecule has 1 saturated heterocycles. The van der Waals surface area contributed by atoms with Gasteiger partial charge in [-0.2, -0.15) is 4.72 Å². The molecule has 0 unspecified atom stereocenters. The first-order chi connectivity index (χ1) is 10.9. The van der Waals surface area contributed by atoms with Crippen molar-refractivity contribution in [3.05, 3.63) is 52.0 Å². The Labute approximate surface area is 139 Å². The van der Waals surface area contributed by atoms with Gasteiger partial charge in [0, 0.05) is 18.1 Å². The van der Waals surface area contributed by atoms with Crippen LogP contribution in [0.2, 0.25) is 0 Å². The summed E-state index contributed by atoms with van der Waals surface area (Å²) >= 11 is 1.53. The zero-order chi connectivity index (χ0) is 16.5. The maximum absolute atomic E-state index is 13.3. The van der Waals surface area contributed by atoms with Crippen LogP contribution in [0.4, 0.5) is 4.39 Å². The summed E-state index contributed by atoms with van der Waals surface area (Å²) in [7, 11) is -3.76. The van der Waals surface area contributed by atoms with Crippen molar-refractivity contribution in [1.82, 2.24) is 4.72 Å². The summed E-state index contributed by atoms with van der Waals surface area (Å²) in [6.07, 6.45) is 1.15. The van der Waals surface area contributed by atoms with E-state index < -0.39 is 21.4 Å². The highest BCUT2D eigenvalue weighted by Gasteiger charge is 2.39.